The molecule has 0 radical (unpaired) electrons. The second kappa shape index (κ2) is 19.2. The number of nitrogens with one attached hydrogen (secondary N) is 4. The lowest BCUT2D eigenvalue weighted by Gasteiger charge is -2.34. The van der Waals surface area contributed by atoms with Crippen LogP contribution in [0.3, 0.4) is 0 Å². The maximum Gasteiger partial charge on any atom is 0.255 e. The molecule has 4 N–H and O–H groups in total. The van der Waals surface area contributed by atoms with Crippen molar-refractivity contribution in [2.75, 3.05) is 40.9 Å². The summed E-state index contributed by atoms with van der Waals surface area (Å²) >= 11 is 0. The smallest absolute Gasteiger partial charge is 0.255 e. The van der Waals surface area contributed by atoms with E-state index in [2.05, 4.69) is 21.3 Å². The van der Waals surface area contributed by atoms with E-state index in [4.69, 9.17) is 9.47 Å². The van der Waals surface area contributed by atoms with Crippen LogP contribution in [0, 0.1) is 0 Å². The Morgan fingerprint density at radius 1 is 0.945 bits per heavy atom. The summed E-state index contributed by atoms with van der Waals surface area (Å²) in [5.41, 5.74) is 0.787. The third-order valence-electron chi connectivity index (χ3n) is 10.2. The van der Waals surface area contributed by atoms with Gasteiger partial charge >= 0.3 is 0 Å². The maximum atomic E-state index is 13.9. The number of carbonyl (C=O) groups is 5. The lowest BCUT2D eigenvalue weighted by atomic mass is 9.95. The lowest BCUT2D eigenvalue weighted by molar-refractivity contribution is -0.139. The molecular weight excluding hydrogens is 700 g/mol. The number of nitrogens with zero attached hydrogens (tertiary/aromatic N) is 2. The van der Waals surface area contributed by atoms with Crippen molar-refractivity contribution in [1.29, 1.82) is 0 Å². The number of ether oxygens (including phenoxy) is 2. The highest BCUT2D eigenvalue weighted by Crippen LogP contribution is 2.31. The van der Waals surface area contributed by atoms with E-state index in [9.17, 15) is 24.0 Å². The largest absolute Gasteiger partial charge is 0.492 e. The Kier molecular flexibility index (Phi) is 14.3. The third kappa shape index (κ3) is 11.3. The predicted octanol–water partition coefficient (Wildman–Crippen LogP) is 3.22. The Morgan fingerprint density at radius 3 is 2.40 bits per heavy atom. The number of hydrogen-bond acceptors (Lipinski definition) is 8. The van der Waals surface area contributed by atoms with Gasteiger partial charge < -0.3 is 40.5 Å². The van der Waals surface area contributed by atoms with Crippen molar-refractivity contribution in [3.05, 3.63) is 95.6 Å². The molecule has 5 rings (SSSR count). The van der Waals surface area contributed by atoms with Crippen molar-refractivity contribution in [1.82, 2.24) is 31.1 Å². The van der Waals surface area contributed by atoms with Crippen LogP contribution in [0.1, 0.15) is 66.9 Å². The first-order chi connectivity index (χ1) is 26.4. The van der Waals surface area contributed by atoms with Crippen LogP contribution in [-0.4, -0.2) is 104 Å². The van der Waals surface area contributed by atoms with Gasteiger partial charge in [-0.3, -0.25) is 24.0 Å². The van der Waals surface area contributed by atoms with Gasteiger partial charge in [0.1, 0.15) is 42.3 Å². The standard InChI is InChI=1S/C42H54N6O7/c1-29-40(52)48(4)32(25-30-13-6-5-7-14-30)28-55-36-18-9-8-17-34(36)38(50)45-35(19-20-37(49)46-42(41(53)44-29)21-10-11-22-42)39(51)43-27-31-15-12-16-33(26-31)54-24-23-47(2)3/h5-9,12-18,26,29,32,35H,10-11,19-25,27-28H2,1-4H3,(H,43,51)(H,44,53)(H,45,50)(H,46,49)/t29-,32-,35-/m0/s1. The Balaban J connectivity index is 1.40. The molecule has 13 heteroatoms. The average Bonchev–Trinajstić information content (AvgIpc) is 3.66. The molecule has 0 saturated heterocycles. The molecule has 0 unspecified atom stereocenters. The molecule has 3 aromatic carbocycles. The molecule has 2 aliphatic rings. The molecule has 5 amide bonds. The number of para-hydroxylation sites is 1. The lowest BCUT2D eigenvalue weighted by Crippen LogP contribution is -2.61. The summed E-state index contributed by atoms with van der Waals surface area (Å²) in [5, 5.41) is 11.6. The molecule has 3 atom stereocenters. The van der Waals surface area contributed by atoms with Crippen LogP contribution < -0.4 is 30.7 Å². The van der Waals surface area contributed by atoms with Gasteiger partial charge in [-0.05, 0) is 82.1 Å². The van der Waals surface area contributed by atoms with Gasteiger partial charge in [-0.25, -0.2) is 0 Å². The topological polar surface area (TPSA) is 158 Å². The third-order valence-corrected chi connectivity index (χ3v) is 10.2. The van der Waals surface area contributed by atoms with E-state index in [-0.39, 0.29) is 43.2 Å². The fourth-order valence-electron chi connectivity index (χ4n) is 6.94. The minimum Gasteiger partial charge on any atom is -0.492 e. The predicted molar refractivity (Wildman–Crippen MR) is 208 cm³/mol. The molecule has 1 aliphatic heterocycles. The summed E-state index contributed by atoms with van der Waals surface area (Å²) < 4.78 is 12.1. The van der Waals surface area contributed by atoms with Gasteiger partial charge in [0.2, 0.25) is 23.6 Å². The number of fused-ring (bicyclic) bond motifs is 1. The number of likely N-dealkylation sites (N-methyl/N-ethyl adjacent to an activating group) is 2. The van der Waals surface area contributed by atoms with Crippen LogP contribution in [0.25, 0.3) is 0 Å². The van der Waals surface area contributed by atoms with E-state index in [1.807, 2.05) is 73.6 Å². The Labute approximate surface area is 323 Å². The highest BCUT2D eigenvalue weighted by Gasteiger charge is 2.43. The zero-order chi connectivity index (χ0) is 39.4. The van der Waals surface area contributed by atoms with Gasteiger partial charge in [-0.1, -0.05) is 67.4 Å². The first-order valence-electron chi connectivity index (χ1n) is 19.0. The first-order valence-corrected chi connectivity index (χ1v) is 19.0. The number of amides is 5. The van der Waals surface area contributed by atoms with Crippen LogP contribution in [0.2, 0.25) is 0 Å². The molecule has 0 bridgehead atoms. The average molecular weight is 755 g/mol. The summed E-state index contributed by atoms with van der Waals surface area (Å²) in [5.74, 6) is -1.26. The van der Waals surface area contributed by atoms with Crippen LogP contribution >= 0.6 is 0 Å². The zero-order valence-corrected chi connectivity index (χ0v) is 32.3. The van der Waals surface area contributed by atoms with Crippen molar-refractivity contribution >= 4 is 29.5 Å². The van der Waals surface area contributed by atoms with Crippen molar-refractivity contribution in [3.8, 4) is 11.5 Å². The number of hydrogen-bond donors (Lipinski definition) is 4. The van der Waals surface area contributed by atoms with Crippen LogP contribution in [0.5, 0.6) is 11.5 Å². The molecule has 3 aromatic rings. The van der Waals surface area contributed by atoms with Crippen molar-refractivity contribution < 1.29 is 33.4 Å². The van der Waals surface area contributed by atoms with Crippen LogP contribution in [-0.2, 0) is 32.1 Å². The fraction of sp³-hybridized carbons (Fsp3) is 0.452. The van der Waals surface area contributed by atoms with Gasteiger partial charge in [-0.15, -0.1) is 0 Å². The molecule has 1 heterocycles. The van der Waals surface area contributed by atoms with Crippen molar-refractivity contribution in [3.63, 3.8) is 0 Å². The molecule has 13 nitrogen and oxygen atoms in total. The van der Waals surface area contributed by atoms with Gasteiger partial charge in [-0.2, -0.15) is 0 Å². The summed E-state index contributed by atoms with van der Waals surface area (Å²) in [6.45, 7) is 3.11. The van der Waals surface area contributed by atoms with E-state index in [1.54, 1.807) is 43.1 Å². The monoisotopic (exact) mass is 754 g/mol. The highest BCUT2D eigenvalue weighted by atomic mass is 16.5. The quantitative estimate of drug-likeness (QED) is 0.260. The summed E-state index contributed by atoms with van der Waals surface area (Å²) in [6, 6.07) is 21.3. The molecule has 1 spiro atoms. The van der Waals surface area contributed by atoms with Crippen molar-refractivity contribution in [2.24, 2.45) is 0 Å². The second-order valence-corrected chi connectivity index (χ2v) is 14.7. The number of benzene rings is 3. The van der Waals surface area contributed by atoms with E-state index in [0.717, 1.165) is 30.5 Å². The SMILES string of the molecule is C[C@@H]1NC(=O)C2(CCCC2)NC(=O)CC[C@@H](C(=O)NCc2cccc(OCCN(C)C)c2)NC(=O)c2ccccc2OC[C@H](Cc2ccccc2)N(C)C1=O. The fourth-order valence-corrected chi connectivity index (χ4v) is 6.94. The minimum atomic E-state index is -1.19. The summed E-state index contributed by atoms with van der Waals surface area (Å²) in [7, 11) is 5.60. The molecular formula is C42H54N6O7. The van der Waals surface area contributed by atoms with E-state index >= 15 is 0 Å². The highest BCUT2D eigenvalue weighted by molar-refractivity contribution is 6.00. The van der Waals surface area contributed by atoms with E-state index < -0.39 is 47.3 Å². The van der Waals surface area contributed by atoms with Crippen molar-refractivity contribution in [2.45, 2.75) is 82.1 Å². The molecule has 1 aliphatic carbocycles. The zero-order valence-electron chi connectivity index (χ0n) is 32.3. The van der Waals surface area contributed by atoms with Gasteiger partial charge in [0.25, 0.3) is 5.91 Å². The summed E-state index contributed by atoms with van der Waals surface area (Å²) in [6.07, 6.45) is 2.58. The number of carbonyl (C=O) groups excluding carboxylic acids is 5. The van der Waals surface area contributed by atoms with Gasteiger partial charge in [0, 0.05) is 26.6 Å². The Morgan fingerprint density at radius 2 is 1.65 bits per heavy atom. The minimum absolute atomic E-state index is 0.0311. The van der Waals surface area contributed by atoms with Gasteiger partial charge in [0.15, 0.2) is 0 Å². The van der Waals surface area contributed by atoms with E-state index in [1.165, 1.54) is 0 Å². The molecule has 0 aromatic heterocycles. The maximum absolute atomic E-state index is 13.9. The Hall–Kier alpha value is -5.43. The van der Waals surface area contributed by atoms with Crippen LogP contribution in [0.15, 0.2) is 78.9 Å². The van der Waals surface area contributed by atoms with E-state index in [0.29, 0.717) is 31.6 Å². The first kappa shape index (κ1) is 40.7. The van der Waals surface area contributed by atoms with Crippen LogP contribution in [0.4, 0.5) is 0 Å². The second-order valence-electron chi connectivity index (χ2n) is 14.7. The Bertz CT molecular complexity index is 1800. The molecule has 1 saturated carbocycles. The number of rotatable bonds is 9. The summed E-state index contributed by atoms with van der Waals surface area (Å²) in [4.78, 5) is 72.5. The molecule has 55 heavy (non-hydrogen) atoms. The van der Waals surface area contributed by atoms with Gasteiger partial charge in [0.05, 0.1) is 11.6 Å². The molecule has 1 fully saturated rings. The molecule has 294 valence electrons. The normalized spacial score (nSPS) is 21.0.